The van der Waals surface area contributed by atoms with Crippen LogP contribution in [0.25, 0.3) is 6.08 Å². The first kappa shape index (κ1) is 20.7. The summed E-state index contributed by atoms with van der Waals surface area (Å²) in [4.78, 5) is 24.2. The average Bonchev–Trinajstić information content (AvgIpc) is 3.14. The number of aromatic nitrogens is 2. The van der Waals surface area contributed by atoms with Gasteiger partial charge in [0, 0.05) is 18.2 Å². The highest BCUT2D eigenvalue weighted by molar-refractivity contribution is 5.96. The maximum Gasteiger partial charge on any atom is 0.331 e. The number of esters is 1. The minimum Gasteiger partial charge on any atom is -0.479 e. The van der Waals surface area contributed by atoms with Crippen molar-refractivity contribution in [2.75, 3.05) is 11.9 Å². The highest BCUT2D eigenvalue weighted by Crippen LogP contribution is 2.14. The van der Waals surface area contributed by atoms with Gasteiger partial charge in [0.05, 0.1) is 6.20 Å². The number of carbonyl (C=O) groups excluding carboxylic acids is 2. The maximum atomic E-state index is 12.2. The number of hydrogen-bond acceptors (Lipinski definition) is 6. The van der Waals surface area contributed by atoms with Gasteiger partial charge in [-0.3, -0.25) is 4.79 Å². The second-order valence-corrected chi connectivity index (χ2v) is 6.17. The van der Waals surface area contributed by atoms with Crippen LogP contribution in [0.1, 0.15) is 32.4 Å². The number of carbonyl (C=O) groups is 2. The molecular weight excluding hydrogens is 360 g/mol. The van der Waals surface area contributed by atoms with Crippen LogP contribution in [0.3, 0.4) is 0 Å². The molecule has 146 valence electrons. The van der Waals surface area contributed by atoms with E-state index in [1.54, 1.807) is 47.3 Å². The van der Waals surface area contributed by atoms with Gasteiger partial charge in [-0.15, -0.1) is 0 Å². The zero-order valence-corrected chi connectivity index (χ0v) is 16.0. The van der Waals surface area contributed by atoms with Crippen LogP contribution in [0.5, 0.6) is 5.75 Å². The van der Waals surface area contributed by atoms with Crippen molar-refractivity contribution >= 4 is 23.8 Å². The van der Waals surface area contributed by atoms with E-state index in [1.165, 1.54) is 13.0 Å². The van der Waals surface area contributed by atoms with E-state index in [0.717, 1.165) is 5.56 Å². The second-order valence-electron chi connectivity index (χ2n) is 6.17. The van der Waals surface area contributed by atoms with E-state index < -0.39 is 18.0 Å². The summed E-state index contributed by atoms with van der Waals surface area (Å²) < 4.78 is 11.9. The maximum absolute atomic E-state index is 12.2. The van der Waals surface area contributed by atoms with Crippen molar-refractivity contribution in [2.45, 2.75) is 32.9 Å². The van der Waals surface area contributed by atoms with Gasteiger partial charge in [0.15, 0.2) is 12.7 Å². The van der Waals surface area contributed by atoms with Gasteiger partial charge in [-0.05, 0) is 44.5 Å². The summed E-state index contributed by atoms with van der Waals surface area (Å²) in [5.41, 5.74) is 0.749. The molecule has 1 heterocycles. The summed E-state index contributed by atoms with van der Waals surface area (Å²) >= 11 is 0. The van der Waals surface area contributed by atoms with E-state index >= 15 is 0 Å². The first-order valence-corrected chi connectivity index (χ1v) is 8.73. The molecule has 1 unspecified atom stereocenters. The summed E-state index contributed by atoms with van der Waals surface area (Å²) in [6, 6.07) is 10.5. The molecule has 1 aromatic heterocycles. The summed E-state index contributed by atoms with van der Waals surface area (Å²) in [6.07, 6.45) is 3.43. The minimum absolute atomic E-state index is 0.0284. The Labute approximate surface area is 163 Å². The molecule has 8 nitrogen and oxygen atoms in total. The van der Waals surface area contributed by atoms with Crippen molar-refractivity contribution in [2.24, 2.45) is 0 Å². The highest BCUT2D eigenvalue weighted by Gasteiger charge is 2.18. The number of nitriles is 1. The standard InChI is InChI=1S/C20H22N4O4/c1-14(2)24-18(10-12-22-24)23-20(26)15(3)28-19(25)9-6-16-4-7-17(8-5-16)27-13-11-21/h4-10,12,14-15H,13H2,1-3H3,(H,23,26)/b9-6+. The molecule has 0 fully saturated rings. The predicted octanol–water partition coefficient (Wildman–Crippen LogP) is 2.95. The van der Waals surface area contributed by atoms with E-state index in [0.29, 0.717) is 11.6 Å². The normalized spacial score (nSPS) is 11.8. The lowest BCUT2D eigenvalue weighted by molar-refractivity contribution is -0.148. The fourth-order valence-electron chi connectivity index (χ4n) is 2.27. The molecule has 28 heavy (non-hydrogen) atoms. The zero-order valence-electron chi connectivity index (χ0n) is 16.0. The SMILES string of the molecule is CC(OC(=O)/C=C/c1ccc(OCC#N)cc1)C(=O)Nc1ccnn1C(C)C. The molecule has 1 amide bonds. The fraction of sp³-hybridized carbons (Fsp3) is 0.300. The van der Waals surface area contributed by atoms with Crippen LogP contribution >= 0.6 is 0 Å². The molecule has 2 aromatic rings. The molecule has 0 saturated heterocycles. The molecule has 0 radical (unpaired) electrons. The third-order valence-corrected chi connectivity index (χ3v) is 3.67. The summed E-state index contributed by atoms with van der Waals surface area (Å²) in [5.74, 6) is 0.0253. The lowest BCUT2D eigenvalue weighted by Gasteiger charge is -2.15. The molecule has 0 aliphatic heterocycles. The topological polar surface area (TPSA) is 106 Å². The fourth-order valence-corrected chi connectivity index (χ4v) is 2.27. The molecule has 0 aliphatic rings. The molecule has 0 bridgehead atoms. The molecule has 1 atom stereocenters. The Morgan fingerprint density at radius 2 is 1.96 bits per heavy atom. The van der Waals surface area contributed by atoms with Crippen molar-refractivity contribution in [3.05, 3.63) is 48.2 Å². The molecule has 1 aromatic carbocycles. The second kappa shape index (κ2) is 9.92. The van der Waals surface area contributed by atoms with Crippen LogP contribution in [0.15, 0.2) is 42.6 Å². The van der Waals surface area contributed by atoms with E-state index in [-0.39, 0.29) is 12.6 Å². The van der Waals surface area contributed by atoms with Gasteiger partial charge in [0.1, 0.15) is 17.6 Å². The smallest absolute Gasteiger partial charge is 0.331 e. The van der Waals surface area contributed by atoms with Crippen LogP contribution in [-0.2, 0) is 14.3 Å². The Bertz CT molecular complexity index is 878. The van der Waals surface area contributed by atoms with E-state index in [9.17, 15) is 9.59 Å². The zero-order chi connectivity index (χ0) is 20.5. The Hall–Kier alpha value is -3.60. The van der Waals surface area contributed by atoms with Crippen LogP contribution in [0.4, 0.5) is 5.82 Å². The molecule has 0 saturated carbocycles. The molecular formula is C20H22N4O4. The van der Waals surface area contributed by atoms with Gasteiger partial charge in [0.2, 0.25) is 0 Å². The first-order chi connectivity index (χ1) is 13.4. The van der Waals surface area contributed by atoms with Gasteiger partial charge in [0.25, 0.3) is 5.91 Å². The quantitative estimate of drug-likeness (QED) is 0.556. The number of amides is 1. The van der Waals surface area contributed by atoms with Crippen molar-refractivity contribution in [1.29, 1.82) is 5.26 Å². The number of benzene rings is 1. The molecule has 2 rings (SSSR count). The summed E-state index contributed by atoms with van der Waals surface area (Å²) in [5, 5.41) is 15.3. The van der Waals surface area contributed by atoms with Gasteiger partial charge in [-0.2, -0.15) is 10.4 Å². The lowest BCUT2D eigenvalue weighted by Crippen LogP contribution is -2.30. The number of ether oxygens (including phenoxy) is 2. The molecule has 1 N–H and O–H groups in total. The van der Waals surface area contributed by atoms with Crippen molar-refractivity contribution in [1.82, 2.24) is 9.78 Å². The van der Waals surface area contributed by atoms with Crippen molar-refractivity contribution in [3.63, 3.8) is 0 Å². The molecule has 0 aliphatic carbocycles. The van der Waals surface area contributed by atoms with E-state index in [1.807, 2.05) is 19.9 Å². The highest BCUT2D eigenvalue weighted by atomic mass is 16.5. The van der Waals surface area contributed by atoms with Gasteiger partial charge in [-0.1, -0.05) is 12.1 Å². The number of rotatable bonds is 8. The Morgan fingerprint density at radius 3 is 2.61 bits per heavy atom. The Morgan fingerprint density at radius 1 is 1.25 bits per heavy atom. The van der Waals surface area contributed by atoms with E-state index in [2.05, 4.69) is 10.4 Å². The summed E-state index contributed by atoms with van der Waals surface area (Å²) in [6.45, 7) is 5.36. The van der Waals surface area contributed by atoms with E-state index in [4.69, 9.17) is 14.7 Å². The number of hydrogen-bond donors (Lipinski definition) is 1. The van der Waals surface area contributed by atoms with Gasteiger partial charge in [-0.25, -0.2) is 9.48 Å². The Kier molecular flexibility index (Phi) is 7.34. The van der Waals surface area contributed by atoms with Crippen LogP contribution in [-0.4, -0.2) is 34.4 Å². The minimum atomic E-state index is -0.964. The number of nitrogens with one attached hydrogen (secondary N) is 1. The largest absolute Gasteiger partial charge is 0.479 e. The van der Waals surface area contributed by atoms with Crippen LogP contribution < -0.4 is 10.1 Å². The molecule has 8 heteroatoms. The van der Waals surface area contributed by atoms with Crippen molar-refractivity contribution < 1.29 is 19.1 Å². The monoisotopic (exact) mass is 382 g/mol. The van der Waals surface area contributed by atoms with Gasteiger partial charge < -0.3 is 14.8 Å². The lowest BCUT2D eigenvalue weighted by atomic mass is 10.2. The van der Waals surface area contributed by atoms with Crippen LogP contribution in [0, 0.1) is 11.3 Å². The third-order valence-electron chi connectivity index (χ3n) is 3.67. The third kappa shape index (κ3) is 5.99. The van der Waals surface area contributed by atoms with Crippen LogP contribution in [0.2, 0.25) is 0 Å². The first-order valence-electron chi connectivity index (χ1n) is 8.73. The predicted molar refractivity (Wildman–Crippen MR) is 103 cm³/mol. The van der Waals surface area contributed by atoms with Gasteiger partial charge >= 0.3 is 5.97 Å². The number of anilines is 1. The average molecular weight is 382 g/mol. The molecule has 0 spiro atoms. The Balaban J connectivity index is 1.87. The van der Waals surface area contributed by atoms with Crippen molar-refractivity contribution in [3.8, 4) is 11.8 Å². The number of nitrogens with zero attached hydrogens (tertiary/aromatic N) is 3. The summed E-state index contributed by atoms with van der Waals surface area (Å²) in [7, 11) is 0.